The molecule has 0 saturated carbocycles. The number of hydrogen-bond donors (Lipinski definition) is 0. The Hall–Kier alpha value is 1.92. The van der Waals surface area contributed by atoms with E-state index in [0.717, 1.165) is 10.7 Å². The zero-order chi connectivity index (χ0) is 13.9. The molecular weight excluding hydrogens is 488 g/mol. The van der Waals surface area contributed by atoms with E-state index in [1.807, 2.05) is 0 Å². The SMILES string of the molecule is BrCCCCBr.BrCCCCCCCCCCBr. The van der Waals surface area contributed by atoms with E-state index in [0.29, 0.717) is 0 Å². The van der Waals surface area contributed by atoms with Crippen LogP contribution in [0.2, 0.25) is 0 Å². The van der Waals surface area contributed by atoms with Gasteiger partial charge in [0.05, 0.1) is 0 Å². The third kappa shape index (κ3) is 26.5. The van der Waals surface area contributed by atoms with Gasteiger partial charge in [-0.25, -0.2) is 0 Å². The lowest BCUT2D eigenvalue weighted by molar-refractivity contribution is 0.588. The molecule has 0 aromatic heterocycles. The fourth-order valence-electron chi connectivity index (χ4n) is 1.44. The van der Waals surface area contributed by atoms with Crippen molar-refractivity contribution >= 4 is 63.7 Å². The van der Waals surface area contributed by atoms with Crippen LogP contribution in [0.1, 0.15) is 64.2 Å². The zero-order valence-corrected chi connectivity index (χ0v) is 17.8. The van der Waals surface area contributed by atoms with E-state index in [2.05, 4.69) is 63.7 Å². The average Bonchev–Trinajstić information content (AvgIpc) is 2.40. The molecular formula is C14H28Br4. The molecule has 0 bridgehead atoms. The predicted octanol–water partition coefficient (Wildman–Crippen LogP) is 7.45. The molecule has 0 aliphatic heterocycles. The van der Waals surface area contributed by atoms with Crippen molar-refractivity contribution in [2.75, 3.05) is 21.3 Å². The van der Waals surface area contributed by atoms with E-state index in [1.165, 1.54) is 74.9 Å². The van der Waals surface area contributed by atoms with Crippen LogP contribution in [0.5, 0.6) is 0 Å². The lowest BCUT2D eigenvalue weighted by atomic mass is 10.1. The Morgan fingerprint density at radius 3 is 0.667 bits per heavy atom. The lowest BCUT2D eigenvalue weighted by Gasteiger charge is -1.99. The second-order valence-electron chi connectivity index (χ2n) is 4.29. The van der Waals surface area contributed by atoms with Crippen molar-refractivity contribution in [3.8, 4) is 0 Å². The molecule has 0 unspecified atom stereocenters. The van der Waals surface area contributed by atoms with Crippen LogP contribution in [0.4, 0.5) is 0 Å². The fourth-order valence-corrected chi connectivity index (χ4v) is 3.02. The van der Waals surface area contributed by atoms with Crippen molar-refractivity contribution in [3.63, 3.8) is 0 Å². The maximum absolute atomic E-state index is 3.45. The molecule has 0 radical (unpaired) electrons. The summed E-state index contributed by atoms with van der Waals surface area (Å²) in [6, 6.07) is 0. The summed E-state index contributed by atoms with van der Waals surface area (Å²) >= 11 is 13.6. The monoisotopic (exact) mass is 512 g/mol. The molecule has 0 aliphatic carbocycles. The quantitative estimate of drug-likeness (QED) is 0.187. The van der Waals surface area contributed by atoms with Crippen LogP contribution in [-0.4, -0.2) is 21.3 Å². The van der Waals surface area contributed by atoms with E-state index in [1.54, 1.807) is 0 Å². The molecule has 0 aliphatic rings. The molecule has 0 atom stereocenters. The molecule has 18 heavy (non-hydrogen) atoms. The molecule has 0 nitrogen and oxygen atoms in total. The number of hydrogen-bond acceptors (Lipinski definition) is 0. The van der Waals surface area contributed by atoms with E-state index >= 15 is 0 Å². The average molecular weight is 516 g/mol. The molecule has 0 heterocycles. The van der Waals surface area contributed by atoms with Gasteiger partial charge >= 0.3 is 0 Å². The second kappa shape index (κ2) is 24.0. The van der Waals surface area contributed by atoms with Crippen LogP contribution >= 0.6 is 63.7 Å². The molecule has 4 heteroatoms. The summed E-state index contributed by atoms with van der Waals surface area (Å²) in [6.07, 6.45) is 13.8. The summed E-state index contributed by atoms with van der Waals surface area (Å²) in [5.41, 5.74) is 0. The van der Waals surface area contributed by atoms with Gasteiger partial charge in [0, 0.05) is 21.3 Å². The first-order valence-corrected chi connectivity index (χ1v) is 11.6. The highest BCUT2D eigenvalue weighted by molar-refractivity contribution is 9.09. The van der Waals surface area contributed by atoms with E-state index < -0.39 is 0 Å². The predicted molar refractivity (Wildman–Crippen MR) is 101 cm³/mol. The first kappa shape index (κ1) is 22.2. The minimum absolute atomic E-state index is 1.14. The van der Waals surface area contributed by atoms with Crippen molar-refractivity contribution in [1.29, 1.82) is 0 Å². The number of halogens is 4. The zero-order valence-electron chi connectivity index (χ0n) is 11.4. The summed E-state index contributed by atoms with van der Waals surface area (Å²) in [6.45, 7) is 0. The maximum atomic E-state index is 3.45. The molecule has 0 aromatic rings. The smallest absolute Gasteiger partial charge is 0.00315 e. The molecule has 0 saturated heterocycles. The van der Waals surface area contributed by atoms with Gasteiger partial charge < -0.3 is 0 Å². The van der Waals surface area contributed by atoms with Crippen molar-refractivity contribution in [2.24, 2.45) is 0 Å². The normalized spacial score (nSPS) is 10.0. The van der Waals surface area contributed by atoms with Crippen LogP contribution < -0.4 is 0 Å². The second-order valence-corrected chi connectivity index (χ2v) is 7.46. The van der Waals surface area contributed by atoms with Gasteiger partial charge in [-0.15, -0.1) is 0 Å². The Morgan fingerprint density at radius 1 is 0.278 bits per heavy atom. The third-order valence-electron chi connectivity index (χ3n) is 2.53. The summed E-state index contributed by atoms with van der Waals surface area (Å²) < 4.78 is 0. The topological polar surface area (TPSA) is 0 Å². The number of alkyl halides is 4. The van der Waals surface area contributed by atoms with Crippen molar-refractivity contribution in [3.05, 3.63) is 0 Å². The summed E-state index contributed by atoms with van der Waals surface area (Å²) in [7, 11) is 0. The Bertz CT molecular complexity index is 106. The Balaban J connectivity index is 0. The van der Waals surface area contributed by atoms with Gasteiger partial charge in [0.15, 0.2) is 0 Å². The van der Waals surface area contributed by atoms with Gasteiger partial charge in [-0.2, -0.15) is 0 Å². The molecule has 0 fully saturated rings. The highest BCUT2D eigenvalue weighted by Gasteiger charge is 1.90. The van der Waals surface area contributed by atoms with Gasteiger partial charge in [0.1, 0.15) is 0 Å². The van der Waals surface area contributed by atoms with Gasteiger partial charge in [0.2, 0.25) is 0 Å². The van der Waals surface area contributed by atoms with E-state index in [9.17, 15) is 0 Å². The van der Waals surface area contributed by atoms with Crippen molar-refractivity contribution < 1.29 is 0 Å². The van der Waals surface area contributed by atoms with Gasteiger partial charge in [-0.3, -0.25) is 0 Å². The molecule has 0 rings (SSSR count). The van der Waals surface area contributed by atoms with E-state index in [-0.39, 0.29) is 0 Å². The highest BCUT2D eigenvalue weighted by Crippen LogP contribution is 2.09. The van der Waals surface area contributed by atoms with Gasteiger partial charge in [0.25, 0.3) is 0 Å². The largest absolute Gasteiger partial charge is 0.0928 e. The van der Waals surface area contributed by atoms with Gasteiger partial charge in [-0.1, -0.05) is 102 Å². The minimum atomic E-state index is 1.14. The van der Waals surface area contributed by atoms with Crippen LogP contribution in [0, 0.1) is 0 Å². The lowest BCUT2D eigenvalue weighted by Crippen LogP contribution is -1.81. The standard InChI is InChI=1S/C10H20Br2.C4H8Br2/c11-9-7-5-3-1-2-4-6-8-10-12;5-3-1-2-4-6/h1-10H2;1-4H2. The Kier molecular flexibility index (Phi) is 29.6. The molecule has 0 amide bonds. The molecule has 0 aromatic carbocycles. The molecule has 0 N–H and O–H groups in total. The fraction of sp³-hybridized carbons (Fsp3) is 1.00. The maximum Gasteiger partial charge on any atom is 0.00315 e. The Morgan fingerprint density at radius 2 is 0.444 bits per heavy atom. The number of rotatable bonds is 12. The van der Waals surface area contributed by atoms with Crippen molar-refractivity contribution in [2.45, 2.75) is 64.2 Å². The first-order valence-electron chi connectivity index (χ1n) is 7.07. The molecule has 0 spiro atoms. The Labute approximate surface area is 148 Å². The van der Waals surface area contributed by atoms with Crippen LogP contribution in [0.25, 0.3) is 0 Å². The molecule has 112 valence electrons. The van der Waals surface area contributed by atoms with E-state index in [4.69, 9.17) is 0 Å². The minimum Gasteiger partial charge on any atom is -0.0928 e. The van der Waals surface area contributed by atoms with Crippen molar-refractivity contribution in [1.82, 2.24) is 0 Å². The summed E-state index contributed by atoms with van der Waals surface area (Å²) in [4.78, 5) is 0. The first-order chi connectivity index (χ1) is 8.83. The van der Waals surface area contributed by atoms with Crippen LogP contribution in [0.3, 0.4) is 0 Å². The highest BCUT2D eigenvalue weighted by atomic mass is 79.9. The summed E-state index contributed by atoms with van der Waals surface area (Å²) in [5, 5.41) is 4.63. The van der Waals surface area contributed by atoms with Crippen LogP contribution in [0.15, 0.2) is 0 Å². The number of unbranched alkanes of at least 4 members (excludes halogenated alkanes) is 8. The summed E-state index contributed by atoms with van der Waals surface area (Å²) in [5.74, 6) is 0. The van der Waals surface area contributed by atoms with Gasteiger partial charge in [-0.05, 0) is 25.7 Å². The third-order valence-corrected chi connectivity index (χ3v) is 4.78. The van der Waals surface area contributed by atoms with Crippen LogP contribution in [-0.2, 0) is 0 Å².